The lowest BCUT2D eigenvalue weighted by atomic mass is 10.2. The molecule has 0 aliphatic carbocycles. The van der Waals surface area contributed by atoms with Gasteiger partial charge in [0.05, 0.1) is 16.6 Å². The number of fused-ring (bicyclic) bond motifs is 1. The first-order valence-corrected chi connectivity index (χ1v) is 9.11. The van der Waals surface area contributed by atoms with Gasteiger partial charge in [0.2, 0.25) is 5.91 Å². The molecule has 0 fully saturated rings. The third-order valence-corrected chi connectivity index (χ3v) is 4.75. The molecule has 0 aliphatic rings. The highest BCUT2D eigenvalue weighted by molar-refractivity contribution is 5.84. The Balaban J connectivity index is 1.69. The van der Waals surface area contributed by atoms with Gasteiger partial charge in [-0.2, -0.15) is 0 Å². The second kappa shape index (κ2) is 7.64. The van der Waals surface area contributed by atoms with Gasteiger partial charge in [0.15, 0.2) is 0 Å². The number of benzene rings is 3. The van der Waals surface area contributed by atoms with E-state index in [1.807, 2.05) is 54.6 Å². The van der Waals surface area contributed by atoms with Crippen molar-refractivity contribution in [3.63, 3.8) is 0 Å². The molecule has 4 nitrogen and oxygen atoms in total. The number of amides is 1. The fourth-order valence-electron chi connectivity index (χ4n) is 3.29. The lowest BCUT2D eigenvalue weighted by Gasteiger charge is -2.19. The highest BCUT2D eigenvalue weighted by atomic mass is 19.1. The molecule has 0 saturated heterocycles. The molecule has 4 rings (SSSR count). The molecule has 28 heavy (non-hydrogen) atoms. The normalized spacial score (nSPS) is 10.9. The average Bonchev–Trinajstić information content (AvgIpc) is 3.07. The van der Waals surface area contributed by atoms with Crippen molar-refractivity contribution < 1.29 is 9.18 Å². The van der Waals surface area contributed by atoms with E-state index < -0.39 is 0 Å². The van der Waals surface area contributed by atoms with Crippen molar-refractivity contribution in [1.29, 1.82) is 0 Å². The van der Waals surface area contributed by atoms with Crippen LogP contribution in [0.15, 0.2) is 78.9 Å². The summed E-state index contributed by atoms with van der Waals surface area (Å²) in [6.45, 7) is 0.606. The molecule has 4 aromatic rings. The summed E-state index contributed by atoms with van der Waals surface area (Å²) in [7, 11) is 1.78. The van der Waals surface area contributed by atoms with Crippen LogP contribution in [0.4, 0.5) is 4.39 Å². The molecule has 0 radical (unpaired) electrons. The van der Waals surface area contributed by atoms with Crippen molar-refractivity contribution in [2.75, 3.05) is 7.05 Å². The van der Waals surface area contributed by atoms with Gasteiger partial charge in [0.25, 0.3) is 0 Å². The average molecular weight is 373 g/mol. The quantitative estimate of drug-likeness (QED) is 0.517. The second-order valence-corrected chi connectivity index (χ2v) is 6.73. The van der Waals surface area contributed by atoms with Crippen molar-refractivity contribution in [1.82, 2.24) is 14.5 Å². The van der Waals surface area contributed by atoms with Crippen molar-refractivity contribution in [3.05, 3.63) is 90.2 Å². The van der Waals surface area contributed by atoms with Crippen LogP contribution in [-0.4, -0.2) is 27.4 Å². The Morgan fingerprint density at radius 3 is 2.43 bits per heavy atom. The van der Waals surface area contributed by atoms with Gasteiger partial charge < -0.3 is 9.47 Å². The molecule has 0 bridgehead atoms. The molecular weight excluding hydrogens is 353 g/mol. The minimum absolute atomic E-state index is 0.0652. The number of carbonyl (C=O) groups excluding carboxylic acids is 1. The Morgan fingerprint density at radius 2 is 1.64 bits per heavy atom. The maximum Gasteiger partial charge on any atom is 0.242 e. The molecular formula is C23H20FN3O. The molecule has 0 spiro atoms. The molecule has 0 unspecified atom stereocenters. The molecule has 0 aliphatic heterocycles. The van der Waals surface area contributed by atoms with Crippen LogP contribution < -0.4 is 0 Å². The number of hydrogen-bond acceptors (Lipinski definition) is 2. The summed E-state index contributed by atoms with van der Waals surface area (Å²) in [4.78, 5) is 19.2. The zero-order valence-electron chi connectivity index (χ0n) is 15.5. The van der Waals surface area contributed by atoms with E-state index in [2.05, 4.69) is 4.98 Å². The highest BCUT2D eigenvalue weighted by Crippen LogP contribution is 2.27. The molecule has 0 saturated carbocycles. The van der Waals surface area contributed by atoms with Crippen LogP contribution in [0.3, 0.4) is 0 Å². The van der Waals surface area contributed by atoms with E-state index in [0.717, 1.165) is 16.6 Å². The van der Waals surface area contributed by atoms with Crippen molar-refractivity contribution in [2.45, 2.75) is 13.1 Å². The maximum atomic E-state index is 14.4. The zero-order chi connectivity index (χ0) is 19.5. The molecule has 3 aromatic carbocycles. The largest absolute Gasteiger partial charge is 0.340 e. The predicted octanol–water partition coefficient (Wildman–Crippen LogP) is 4.50. The van der Waals surface area contributed by atoms with Gasteiger partial charge in [-0.3, -0.25) is 4.79 Å². The van der Waals surface area contributed by atoms with E-state index in [1.165, 1.54) is 6.07 Å². The minimum Gasteiger partial charge on any atom is -0.340 e. The van der Waals surface area contributed by atoms with Gasteiger partial charge in [-0.15, -0.1) is 0 Å². The first-order valence-electron chi connectivity index (χ1n) is 9.11. The van der Waals surface area contributed by atoms with Crippen molar-refractivity contribution in [2.24, 2.45) is 0 Å². The number of hydrogen-bond donors (Lipinski definition) is 0. The molecule has 1 aromatic heterocycles. The van der Waals surface area contributed by atoms with Gasteiger partial charge in [-0.25, -0.2) is 9.37 Å². The number of likely N-dealkylation sites (N-methyl/N-ethyl adjacent to an activating group) is 1. The van der Waals surface area contributed by atoms with Crippen LogP contribution in [0.25, 0.3) is 22.4 Å². The molecule has 140 valence electrons. The summed E-state index contributed by atoms with van der Waals surface area (Å²) < 4.78 is 16.2. The topological polar surface area (TPSA) is 38.1 Å². The first kappa shape index (κ1) is 17.9. The minimum atomic E-state index is -0.357. The van der Waals surface area contributed by atoms with E-state index in [-0.39, 0.29) is 18.3 Å². The van der Waals surface area contributed by atoms with Crippen LogP contribution >= 0.6 is 0 Å². The standard InChI is InChI=1S/C23H20FN3O/c1-26(15-17-9-3-2-4-10-17)22(28)16-27-21-14-8-7-13-20(21)25-23(27)18-11-5-6-12-19(18)24/h2-14H,15-16H2,1H3. The lowest BCUT2D eigenvalue weighted by molar-refractivity contribution is -0.130. The summed E-state index contributed by atoms with van der Waals surface area (Å²) in [5, 5.41) is 0. The molecule has 0 N–H and O–H groups in total. The Hall–Kier alpha value is -3.47. The molecule has 1 heterocycles. The number of carbonyl (C=O) groups is 1. The zero-order valence-corrected chi connectivity index (χ0v) is 15.5. The van der Waals surface area contributed by atoms with Gasteiger partial charge in [-0.1, -0.05) is 54.6 Å². The summed E-state index contributed by atoms with van der Waals surface area (Å²) in [6.07, 6.45) is 0. The van der Waals surface area contributed by atoms with Crippen LogP contribution in [0.2, 0.25) is 0 Å². The highest BCUT2D eigenvalue weighted by Gasteiger charge is 2.19. The summed E-state index contributed by atoms with van der Waals surface area (Å²) >= 11 is 0. The molecule has 5 heteroatoms. The third kappa shape index (κ3) is 3.51. The van der Waals surface area contributed by atoms with Crippen molar-refractivity contribution >= 4 is 16.9 Å². The van der Waals surface area contributed by atoms with E-state index in [0.29, 0.717) is 17.9 Å². The van der Waals surface area contributed by atoms with E-state index in [9.17, 15) is 9.18 Å². The monoisotopic (exact) mass is 373 g/mol. The molecule has 1 amide bonds. The fraction of sp³-hybridized carbons (Fsp3) is 0.130. The molecule has 0 atom stereocenters. The number of halogens is 1. The lowest BCUT2D eigenvalue weighted by Crippen LogP contribution is -2.30. The summed E-state index contributed by atoms with van der Waals surface area (Å²) in [5.74, 6) is 0.0366. The van der Waals surface area contributed by atoms with Crippen LogP contribution in [0.5, 0.6) is 0 Å². The van der Waals surface area contributed by atoms with E-state index in [1.54, 1.807) is 34.7 Å². The van der Waals surface area contributed by atoms with E-state index >= 15 is 0 Å². The Bertz CT molecular complexity index is 1120. The SMILES string of the molecule is CN(Cc1ccccc1)C(=O)Cn1c(-c2ccccc2F)nc2ccccc21. The number of rotatable bonds is 5. The van der Waals surface area contributed by atoms with Crippen LogP contribution in [0, 0.1) is 5.82 Å². The number of aromatic nitrogens is 2. The first-order chi connectivity index (χ1) is 13.6. The number of para-hydroxylation sites is 2. The number of imidazole rings is 1. The van der Waals surface area contributed by atoms with Crippen molar-refractivity contribution in [3.8, 4) is 11.4 Å². The Morgan fingerprint density at radius 1 is 0.964 bits per heavy atom. The maximum absolute atomic E-state index is 14.4. The van der Waals surface area contributed by atoms with Crippen LogP contribution in [-0.2, 0) is 17.9 Å². The van der Waals surface area contributed by atoms with Gasteiger partial charge in [0.1, 0.15) is 18.2 Å². The summed E-state index contributed by atoms with van der Waals surface area (Å²) in [5.41, 5.74) is 2.99. The third-order valence-electron chi connectivity index (χ3n) is 4.75. The second-order valence-electron chi connectivity index (χ2n) is 6.73. The predicted molar refractivity (Wildman–Crippen MR) is 108 cm³/mol. The number of nitrogens with zero attached hydrogens (tertiary/aromatic N) is 3. The van der Waals surface area contributed by atoms with Crippen LogP contribution in [0.1, 0.15) is 5.56 Å². The van der Waals surface area contributed by atoms with Gasteiger partial charge in [-0.05, 0) is 29.8 Å². The summed E-state index contributed by atoms with van der Waals surface area (Å²) in [6, 6.07) is 23.9. The van der Waals surface area contributed by atoms with Gasteiger partial charge >= 0.3 is 0 Å². The smallest absolute Gasteiger partial charge is 0.242 e. The Labute approximate surface area is 162 Å². The van der Waals surface area contributed by atoms with E-state index in [4.69, 9.17) is 0 Å². The Kier molecular flexibility index (Phi) is 4.89. The fourth-order valence-corrected chi connectivity index (χ4v) is 3.29. The van der Waals surface area contributed by atoms with Gasteiger partial charge in [0, 0.05) is 13.6 Å².